The van der Waals surface area contributed by atoms with Gasteiger partial charge in [0.25, 0.3) is 0 Å². The lowest BCUT2D eigenvalue weighted by atomic mass is 10.2. The summed E-state index contributed by atoms with van der Waals surface area (Å²) in [6.07, 6.45) is 0.537. The van der Waals surface area contributed by atoms with Gasteiger partial charge in [-0.25, -0.2) is 8.42 Å². The van der Waals surface area contributed by atoms with Gasteiger partial charge in [0.05, 0.1) is 24.7 Å². The molecule has 0 spiro atoms. The Balaban J connectivity index is 0.00000264. The lowest BCUT2D eigenvalue weighted by Crippen LogP contribution is -2.54. The molecule has 136 valence electrons. The second-order valence-corrected chi connectivity index (χ2v) is 8.39. The lowest BCUT2D eigenvalue weighted by Gasteiger charge is -2.36. The van der Waals surface area contributed by atoms with Gasteiger partial charge in [-0.2, -0.15) is 0 Å². The number of amides is 1. The van der Waals surface area contributed by atoms with Crippen molar-refractivity contribution >= 4 is 28.2 Å². The summed E-state index contributed by atoms with van der Waals surface area (Å²) in [4.78, 5) is 16.5. The number of ether oxygens (including phenoxy) is 1. The minimum atomic E-state index is -3.00. The van der Waals surface area contributed by atoms with E-state index in [1.807, 2.05) is 0 Å². The summed E-state index contributed by atoms with van der Waals surface area (Å²) in [5.74, 6) is 0.269. The molecular formula is C14H28ClN3O4S. The zero-order valence-corrected chi connectivity index (χ0v) is 15.5. The van der Waals surface area contributed by atoms with Crippen LogP contribution in [0.3, 0.4) is 0 Å². The Bertz CT molecular complexity index is 488. The van der Waals surface area contributed by atoms with Crippen molar-refractivity contribution in [1.82, 2.24) is 15.1 Å². The molecule has 9 heteroatoms. The molecule has 2 aliphatic heterocycles. The van der Waals surface area contributed by atoms with E-state index in [0.717, 1.165) is 19.6 Å². The molecule has 1 unspecified atom stereocenters. The minimum absolute atomic E-state index is 0. The molecule has 2 rings (SSSR count). The molecule has 2 atom stereocenters. The third-order valence-corrected chi connectivity index (χ3v) is 6.23. The lowest BCUT2D eigenvalue weighted by molar-refractivity contribution is -0.135. The third-order valence-electron chi connectivity index (χ3n) is 4.48. The number of hydrogen-bond acceptors (Lipinski definition) is 6. The number of rotatable bonds is 6. The molecule has 0 aliphatic carbocycles. The van der Waals surface area contributed by atoms with Gasteiger partial charge in [-0.05, 0) is 13.3 Å². The average Bonchev–Trinajstić information content (AvgIpc) is 2.82. The first-order valence-electron chi connectivity index (χ1n) is 7.86. The van der Waals surface area contributed by atoms with Gasteiger partial charge in [-0.15, -0.1) is 12.4 Å². The number of carbonyl (C=O) groups is 1. The van der Waals surface area contributed by atoms with Gasteiger partial charge in [0.1, 0.15) is 0 Å². The smallest absolute Gasteiger partial charge is 0.237 e. The van der Waals surface area contributed by atoms with Gasteiger partial charge in [0, 0.05) is 45.4 Å². The molecule has 1 N–H and O–H groups in total. The summed E-state index contributed by atoms with van der Waals surface area (Å²) in [5.41, 5.74) is 0. The van der Waals surface area contributed by atoms with Crippen LogP contribution in [0, 0.1) is 0 Å². The zero-order chi connectivity index (χ0) is 16.2. The fraction of sp³-hybridized carbons (Fsp3) is 0.929. The van der Waals surface area contributed by atoms with E-state index < -0.39 is 9.84 Å². The maximum absolute atomic E-state index is 12.7. The van der Waals surface area contributed by atoms with E-state index in [2.05, 4.69) is 17.1 Å². The van der Waals surface area contributed by atoms with Crippen LogP contribution >= 0.6 is 12.4 Å². The topological polar surface area (TPSA) is 79.0 Å². The van der Waals surface area contributed by atoms with E-state index in [1.54, 1.807) is 12.0 Å². The molecule has 2 saturated heterocycles. The van der Waals surface area contributed by atoms with Gasteiger partial charge < -0.3 is 15.0 Å². The second kappa shape index (κ2) is 9.17. The van der Waals surface area contributed by atoms with Crippen LogP contribution in [0.4, 0.5) is 0 Å². The molecule has 0 saturated carbocycles. The Morgan fingerprint density at radius 3 is 2.74 bits per heavy atom. The van der Waals surface area contributed by atoms with Gasteiger partial charge in [-0.1, -0.05) is 0 Å². The van der Waals surface area contributed by atoms with E-state index >= 15 is 0 Å². The number of nitrogens with one attached hydrogen (secondary N) is 1. The number of sulfone groups is 1. The Labute approximate surface area is 145 Å². The van der Waals surface area contributed by atoms with Crippen molar-refractivity contribution in [3.05, 3.63) is 0 Å². The van der Waals surface area contributed by atoms with E-state index in [0.29, 0.717) is 32.2 Å². The highest BCUT2D eigenvalue weighted by molar-refractivity contribution is 7.91. The molecule has 1 amide bonds. The quantitative estimate of drug-likeness (QED) is 0.671. The van der Waals surface area contributed by atoms with Crippen LogP contribution in [-0.2, 0) is 19.4 Å². The summed E-state index contributed by atoms with van der Waals surface area (Å²) in [6, 6.07) is 0.111. The molecule has 2 aliphatic rings. The van der Waals surface area contributed by atoms with Crippen molar-refractivity contribution in [3.63, 3.8) is 0 Å². The van der Waals surface area contributed by atoms with Crippen molar-refractivity contribution in [1.29, 1.82) is 0 Å². The maximum atomic E-state index is 12.7. The number of carbonyl (C=O) groups excluding carboxylic acids is 1. The number of hydrogen-bond donors (Lipinski definition) is 1. The molecule has 0 aromatic heterocycles. The molecular weight excluding hydrogens is 342 g/mol. The molecule has 0 bridgehead atoms. The SMILES string of the molecule is COCCN(C(=O)CN1CCNC[C@H]1C)C1CCS(=O)(=O)C1.Cl. The average molecular weight is 370 g/mol. The predicted octanol–water partition coefficient (Wildman–Crippen LogP) is -0.636. The number of piperazine rings is 1. The van der Waals surface area contributed by atoms with E-state index in [1.165, 1.54) is 0 Å². The first kappa shape index (κ1) is 20.6. The van der Waals surface area contributed by atoms with Crippen LogP contribution in [0.25, 0.3) is 0 Å². The summed E-state index contributed by atoms with van der Waals surface area (Å²) in [6.45, 7) is 5.93. The highest BCUT2D eigenvalue weighted by Gasteiger charge is 2.35. The summed E-state index contributed by atoms with van der Waals surface area (Å²) >= 11 is 0. The molecule has 23 heavy (non-hydrogen) atoms. The monoisotopic (exact) mass is 369 g/mol. The van der Waals surface area contributed by atoms with Crippen molar-refractivity contribution in [2.45, 2.75) is 25.4 Å². The van der Waals surface area contributed by atoms with E-state index in [4.69, 9.17) is 4.74 Å². The number of methoxy groups -OCH3 is 1. The van der Waals surface area contributed by atoms with E-state index in [-0.39, 0.29) is 35.9 Å². The maximum Gasteiger partial charge on any atom is 0.237 e. The second-order valence-electron chi connectivity index (χ2n) is 6.16. The van der Waals surface area contributed by atoms with E-state index in [9.17, 15) is 13.2 Å². The molecule has 0 aromatic rings. The fourth-order valence-electron chi connectivity index (χ4n) is 3.10. The molecule has 7 nitrogen and oxygen atoms in total. The first-order valence-corrected chi connectivity index (χ1v) is 9.68. The first-order chi connectivity index (χ1) is 10.4. The Morgan fingerprint density at radius 2 is 2.17 bits per heavy atom. The van der Waals surface area contributed by atoms with Crippen molar-refractivity contribution in [3.8, 4) is 0 Å². The molecule has 2 heterocycles. The van der Waals surface area contributed by atoms with Crippen LogP contribution in [0.5, 0.6) is 0 Å². The summed E-state index contributed by atoms with van der Waals surface area (Å²) in [7, 11) is -1.41. The van der Waals surface area contributed by atoms with Gasteiger partial charge in [0.15, 0.2) is 9.84 Å². The summed E-state index contributed by atoms with van der Waals surface area (Å²) in [5, 5.41) is 3.30. The Morgan fingerprint density at radius 1 is 1.43 bits per heavy atom. The molecule has 2 fully saturated rings. The predicted molar refractivity (Wildman–Crippen MR) is 91.8 cm³/mol. The largest absolute Gasteiger partial charge is 0.383 e. The normalized spacial score (nSPS) is 27.4. The van der Waals surface area contributed by atoms with Crippen LogP contribution in [0.2, 0.25) is 0 Å². The molecule has 0 aromatic carbocycles. The minimum Gasteiger partial charge on any atom is -0.383 e. The Kier molecular flexibility index (Phi) is 8.23. The van der Waals surface area contributed by atoms with Crippen LogP contribution < -0.4 is 5.32 Å². The zero-order valence-electron chi connectivity index (χ0n) is 13.9. The van der Waals surface area contributed by atoms with Crippen LogP contribution in [0.1, 0.15) is 13.3 Å². The van der Waals surface area contributed by atoms with Gasteiger partial charge in [-0.3, -0.25) is 9.69 Å². The van der Waals surface area contributed by atoms with Crippen molar-refractivity contribution < 1.29 is 17.9 Å². The molecule has 0 radical (unpaired) electrons. The highest BCUT2D eigenvalue weighted by atomic mass is 35.5. The van der Waals surface area contributed by atoms with Crippen molar-refractivity contribution in [2.75, 3.05) is 57.9 Å². The van der Waals surface area contributed by atoms with Gasteiger partial charge >= 0.3 is 0 Å². The van der Waals surface area contributed by atoms with Gasteiger partial charge in [0.2, 0.25) is 5.91 Å². The van der Waals surface area contributed by atoms with Crippen molar-refractivity contribution in [2.24, 2.45) is 0 Å². The van der Waals surface area contributed by atoms with Crippen LogP contribution in [0.15, 0.2) is 0 Å². The fourth-order valence-corrected chi connectivity index (χ4v) is 4.84. The standard InChI is InChI=1S/C14H27N3O4S.ClH/c1-12-9-15-4-5-16(12)10-14(18)17(6-7-21-2)13-3-8-22(19,20)11-13;/h12-13,15H,3-11H2,1-2H3;1H/t12-,13?;/m1./s1. The number of nitrogens with zero attached hydrogens (tertiary/aromatic N) is 2. The van der Waals surface area contributed by atoms with Crippen LogP contribution in [-0.4, -0.2) is 94.2 Å². The Hall–Kier alpha value is -0.410. The third kappa shape index (κ3) is 5.86. The summed E-state index contributed by atoms with van der Waals surface area (Å²) < 4.78 is 28.5. The number of halogens is 1. The highest BCUT2D eigenvalue weighted by Crippen LogP contribution is 2.18.